The van der Waals surface area contributed by atoms with E-state index in [1.165, 1.54) is 0 Å². The topological polar surface area (TPSA) is 26.0 Å². The molecule has 1 nitrogen and oxygen atoms in total. The number of halogens is 3. The summed E-state index contributed by atoms with van der Waals surface area (Å²) in [5.41, 5.74) is 8.27. The Morgan fingerprint density at radius 2 is 2.07 bits per heavy atom. The Hall–Kier alpha value is 0.170. The Bertz CT molecular complexity index is 352. The molecule has 1 aromatic carbocycles. The average molecular weight is 356 g/mol. The first-order valence-electron chi connectivity index (χ1n) is 4.35. The molecule has 1 rings (SSSR count). The molecule has 1 aromatic rings. The summed E-state index contributed by atoms with van der Waals surface area (Å²) in [5, 5.41) is 0. The predicted octanol–water partition coefficient (Wildman–Crippen LogP) is 4.60. The Morgan fingerprint density at radius 3 is 2.60 bits per heavy atom. The minimum Gasteiger partial charge on any atom is -0.324 e. The van der Waals surface area contributed by atoms with E-state index in [9.17, 15) is 0 Å². The van der Waals surface area contributed by atoms with E-state index >= 15 is 0 Å². The van der Waals surface area contributed by atoms with Crippen molar-refractivity contribution in [3.63, 3.8) is 0 Å². The molecular formula is C11H14Br2ClN. The van der Waals surface area contributed by atoms with Gasteiger partial charge in [-0.3, -0.25) is 0 Å². The highest BCUT2D eigenvalue weighted by Gasteiger charge is 2.10. The number of hydrogen-bond acceptors (Lipinski definition) is 1. The highest BCUT2D eigenvalue weighted by molar-refractivity contribution is 9.11. The highest BCUT2D eigenvalue weighted by Crippen LogP contribution is 2.28. The summed E-state index contributed by atoms with van der Waals surface area (Å²) in [6.45, 7) is 5.86. The minimum absolute atomic E-state index is 0. The van der Waals surface area contributed by atoms with Gasteiger partial charge in [0.2, 0.25) is 0 Å². The lowest BCUT2D eigenvalue weighted by Gasteiger charge is -2.14. The van der Waals surface area contributed by atoms with Crippen molar-refractivity contribution >= 4 is 44.3 Å². The third-order valence-corrected chi connectivity index (χ3v) is 3.14. The lowest BCUT2D eigenvalue weighted by atomic mass is 10.0. The van der Waals surface area contributed by atoms with Gasteiger partial charge in [0.25, 0.3) is 0 Å². The second-order valence-corrected chi connectivity index (χ2v) is 5.20. The van der Waals surface area contributed by atoms with E-state index in [4.69, 9.17) is 5.73 Å². The summed E-state index contributed by atoms with van der Waals surface area (Å²) in [6.07, 6.45) is 0.815. The van der Waals surface area contributed by atoms with Crippen LogP contribution >= 0.6 is 44.3 Å². The van der Waals surface area contributed by atoms with Crippen LogP contribution in [0.5, 0.6) is 0 Å². The van der Waals surface area contributed by atoms with Crippen LogP contribution in [0.15, 0.2) is 39.3 Å². The molecule has 0 unspecified atom stereocenters. The van der Waals surface area contributed by atoms with Crippen LogP contribution in [0.1, 0.15) is 24.9 Å². The maximum Gasteiger partial charge on any atom is 0.0343 e. The molecule has 15 heavy (non-hydrogen) atoms. The van der Waals surface area contributed by atoms with Crippen LogP contribution in [0.3, 0.4) is 0 Å². The van der Waals surface area contributed by atoms with Crippen LogP contribution in [-0.2, 0) is 0 Å². The van der Waals surface area contributed by atoms with Crippen molar-refractivity contribution in [3.05, 3.63) is 44.9 Å². The van der Waals surface area contributed by atoms with Crippen LogP contribution in [0.4, 0.5) is 0 Å². The predicted molar refractivity (Wildman–Crippen MR) is 75.4 cm³/mol. The van der Waals surface area contributed by atoms with Gasteiger partial charge >= 0.3 is 0 Å². The van der Waals surface area contributed by atoms with Crippen molar-refractivity contribution in [1.82, 2.24) is 0 Å². The molecule has 0 spiro atoms. The summed E-state index contributed by atoms with van der Waals surface area (Å²) in [6, 6.07) is 6.04. The van der Waals surface area contributed by atoms with Gasteiger partial charge in [-0.05, 0) is 37.1 Å². The molecule has 0 amide bonds. The quantitative estimate of drug-likeness (QED) is 0.788. The van der Waals surface area contributed by atoms with E-state index in [0.717, 1.165) is 26.5 Å². The molecule has 0 aliphatic carbocycles. The van der Waals surface area contributed by atoms with E-state index < -0.39 is 0 Å². The number of hydrogen-bond donors (Lipinski definition) is 1. The Kier molecular flexibility index (Phi) is 6.76. The van der Waals surface area contributed by atoms with Crippen LogP contribution in [0.25, 0.3) is 0 Å². The second-order valence-electron chi connectivity index (χ2n) is 3.43. The molecule has 0 radical (unpaired) electrons. The van der Waals surface area contributed by atoms with Gasteiger partial charge in [-0.15, -0.1) is 19.0 Å². The smallest absolute Gasteiger partial charge is 0.0343 e. The summed E-state index contributed by atoms with van der Waals surface area (Å²) >= 11 is 6.92. The number of rotatable bonds is 3. The molecule has 84 valence electrons. The third-order valence-electron chi connectivity index (χ3n) is 1.93. The molecule has 0 saturated heterocycles. The van der Waals surface area contributed by atoms with E-state index in [2.05, 4.69) is 38.4 Å². The minimum atomic E-state index is 0. The molecule has 0 heterocycles. The van der Waals surface area contributed by atoms with Crippen molar-refractivity contribution in [1.29, 1.82) is 0 Å². The Balaban J connectivity index is 0.00000196. The van der Waals surface area contributed by atoms with Gasteiger partial charge < -0.3 is 5.73 Å². The van der Waals surface area contributed by atoms with Gasteiger partial charge in [0.05, 0.1) is 0 Å². The lowest BCUT2D eigenvalue weighted by Crippen LogP contribution is -2.11. The molecule has 4 heteroatoms. The van der Waals surface area contributed by atoms with Crippen LogP contribution in [0, 0.1) is 0 Å². The Morgan fingerprint density at radius 1 is 1.47 bits per heavy atom. The Labute approximate surface area is 114 Å². The molecule has 0 fully saturated rings. The van der Waals surface area contributed by atoms with E-state index in [0.29, 0.717) is 0 Å². The average Bonchev–Trinajstić information content (AvgIpc) is 2.08. The van der Waals surface area contributed by atoms with Crippen LogP contribution < -0.4 is 5.73 Å². The van der Waals surface area contributed by atoms with Gasteiger partial charge in [0.15, 0.2) is 0 Å². The van der Waals surface area contributed by atoms with Gasteiger partial charge in [0.1, 0.15) is 0 Å². The summed E-state index contributed by atoms with van der Waals surface area (Å²) < 4.78 is 2.10. The summed E-state index contributed by atoms with van der Waals surface area (Å²) in [7, 11) is 0. The van der Waals surface area contributed by atoms with Gasteiger partial charge in [-0.2, -0.15) is 0 Å². The van der Waals surface area contributed by atoms with Crippen LogP contribution in [-0.4, -0.2) is 0 Å². The molecule has 0 bridgehead atoms. The third kappa shape index (κ3) is 4.68. The SMILES string of the molecule is C=C(C)C[C@@H](N)c1cc(Br)ccc1Br.Cl. The standard InChI is InChI=1S/C11H13Br2N.ClH/c1-7(2)5-11(14)9-6-8(12)3-4-10(9)13;/h3-4,6,11H,1,5,14H2,2H3;1H/t11-;/m1./s1. The van der Waals surface area contributed by atoms with Gasteiger partial charge in [0, 0.05) is 15.0 Å². The van der Waals surface area contributed by atoms with Crippen molar-refractivity contribution in [3.8, 4) is 0 Å². The van der Waals surface area contributed by atoms with Crippen molar-refractivity contribution in [2.75, 3.05) is 0 Å². The monoisotopic (exact) mass is 353 g/mol. The fourth-order valence-corrected chi connectivity index (χ4v) is 2.20. The number of benzene rings is 1. The normalized spacial score (nSPS) is 11.7. The second kappa shape index (κ2) is 6.69. The molecular weight excluding hydrogens is 341 g/mol. The van der Waals surface area contributed by atoms with E-state index in [1.54, 1.807) is 0 Å². The van der Waals surface area contributed by atoms with Gasteiger partial charge in [-0.25, -0.2) is 0 Å². The first-order valence-corrected chi connectivity index (χ1v) is 5.94. The van der Waals surface area contributed by atoms with Crippen molar-refractivity contribution < 1.29 is 0 Å². The molecule has 0 aliphatic heterocycles. The fraction of sp³-hybridized carbons (Fsp3) is 0.273. The fourth-order valence-electron chi connectivity index (χ4n) is 1.28. The molecule has 1 atom stereocenters. The zero-order valence-electron chi connectivity index (χ0n) is 8.47. The van der Waals surface area contributed by atoms with Gasteiger partial charge in [-0.1, -0.05) is 37.4 Å². The van der Waals surface area contributed by atoms with Crippen LogP contribution in [0.2, 0.25) is 0 Å². The van der Waals surface area contributed by atoms with Crippen molar-refractivity contribution in [2.45, 2.75) is 19.4 Å². The van der Waals surface area contributed by atoms with E-state index in [-0.39, 0.29) is 18.4 Å². The summed E-state index contributed by atoms with van der Waals surface area (Å²) in [4.78, 5) is 0. The highest BCUT2D eigenvalue weighted by atomic mass is 79.9. The zero-order valence-corrected chi connectivity index (χ0v) is 12.5. The van der Waals surface area contributed by atoms with E-state index in [1.807, 2.05) is 25.1 Å². The summed E-state index contributed by atoms with van der Waals surface area (Å²) in [5.74, 6) is 0. The zero-order chi connectivity index (χ0) is 10.7. The first kappa shape index (κ1) is 15.2. The first-order chi connectivity index (χ1) is 6.50. The molecule has 0 saturated carbocycles. The molecule has 2 N–H and O–H groups in total. The maximum absolute atomic E-state index is 6.05. The molecule has 0 aliphatic rings. The largest absolute Gasteiger partial charge is 0.324 e. The van der Waals surface area contributed by atoms with Crippen molar-refractivity contribution in [2.24, 2.45) is 5.73 Å². The lowest BCUT2D eigenvalue weighted by molar-refractivity contribution is 0.713. The number of nitrogens with two attached hydrogens (primary N) is 1. The molecule has 0 aromatic heterocycles. The maximum atomic E-state index is 6.05.